The summed E-state index contributed by atoms with van der Waals surface area (Å²) in [7, 11) is 1.63. The maximum atomic E-state index is 11.8. The second-order valence-electron chi connectivity index (χ2n) is 6.43. The summed E-state index contributed by atoms with van der Waals surface area (Å²) in [5, 5.41) is 5.55. The molecule has 0 aliphatic carbocycles. The Morgan fingerprint density at radius 3 is 2.36 bits per heavy atom. The van der Waals surface area contributed by atoms with Crippen LogP contribution < -0.4 is 15.4 Å². The predicted octanol–water partition coefficient (Wildman–Crippen LogP) is 2.61. The quantitative estimate of drug-likeness (QED) is 0.655. The SMILES string of the molecule is COc1ccc(CCNC(=O)CSCCNC(=O)OC(C)(C)C)cc1. The van der Waals surface area contributed by atoms with Crippen LogP contribution >= 0.6 is 11.8 Å². The molecule has 0 spiro atoms. The number of alkyl carbamates (subject to hydrolysis) is 1. The lowest BCUT2D eigenvalue weighted by atomic mass is 10.1. The van der Waals surface area contributed by atoms with Crippen LogP contribution in [0.25, 0.3) is 0 Å². The van der Waals surface area contributed by atoms with Gasteiger partial charge in [0.15, 0.2) is 0 Å². The van der Waals surface area contributed by atoms with Gasteiger partial charge in [-0.15, -0.1) is 0 Å². The number of hydrogen-bond donors (Lipinski definition) is 2. The first-order valence-corrected chi connectivity index (χ1v) is 9.40. The van der Waals surface area contributed by atoms with Crippen LogP contribution in [0.2, 0.25) is 0 Å². The van der Waals surface area contributed by atoms with Crippen molar-refractivity contribution in [1.29, 1.82) is 0 Å². The Morgan fingerprint density at radius 1 is 1.08 bits per heavy atom. The van der Waals surface area contributed by atoms with Gasteiger partial charge < -0.3 is 20.1 Å². The third kappa shape index (κ3) is 10.6. The molecule has 6 nitrogen and oxygen atoms in total. The fourth-order valence-electron chi connectivity index (χ4n) is 1.89. The van der Waals surface area contributed by atoms with Crippen molar-refractivity contribution in [3.63, 3.8) is 0 Å². The van der Waals surface area contributed by atoms with Gasteiger partial charge in [-0.05, 0) is 44.9 Å². The third-order valence-electron chi connectivity index (χ3n) is 3.04. The highest BCUT2D eigenvalue weighted by Crippen LogP contribution is 2.11. The second-order valence-corrected chi connectivity index (χ2v) is 7.53. The molecule has 7 heteroatoms. The summed E-state index contributed by atoms with van der Waals surface area (Å²) in [6.07, 6.45) is 0.345. The molecule has 1 aromatic carbocycles. The topological polar surface area (TPSA) is 76.7 Å². The molecule has 0 unspecified atom stereocenters. The highest BCUT2D eigenvalue weighted by Gasteiger charge is 2.15. The van der Waals surface area contributed by atoms with E-state index in [0.717, 1.165) is 17.7 Å². The van der Waals surface area contributed by atoms with Gasteiger partial charge in [-0.25, -0.2) is 4.79 Å². The standard InChI is InChI=1S/C18H28N2O4S/c1-18(2,3)24-17(22)20-11-12-25-13-16(21)19-10-9-14-5-7-15(23-4)8-6-14/h5-8H,9-13H2,1-4H3,(H,19,21)(H,20,22). The molecule has 1 rings (SSSR count). The largest absolute Gasteiger partial charge is 0.497 e. The van der Waals surface area contributed by atoms with Crippen LogP contribution in [0.4, 0.5) is 4.79 Å². The number of hydrogen-bond acceptors (Lipinski definition) is 5. The molecule has 0 radical (unpaired) electrons. The lowest BCUT2D eigenvalue weighted by Gasteiger charge is -2.19. The lowest BCUT2D eigenvalue weighted by molar-refractivity contribution is -0.118. The van der Waals surface area contributed by atoms with Crippen LogP contribution in [0, 0.1) is 0 Å². The molecule has 0 fully saturated rings. The van der Waals surface area contributed by atoms with Crippen LogP contribution in [0.15, 0.2) is 24.3 Å². The van der Waals surface area contributed by atoms with Gasteiger partial charge in [-0.3, -0.25) is 4.79 Å². The van der Waals surface area contributed by atoms with Crippen LogP contribution in [0.1, 0.15) is 26.3 Å². The molecular formula is C18H28N2O4S. The second kappa shape index (κ2) is 10.9. The summed E-state index contributed by atoms with van der Waals surface area (Å²) < 4.78 is 10.2. The Hall–Kier alpha value is -1.89. The van der Waals surface area contributed by atoms with Crippen molar-refractivity contribution in [2.45, 2.75) is 32.8 Å². The molecule has 0 bridgehead atoms. The zero-order valence-electron chi connectivity index (χ0n) is 15.4. The molecule has 0 aromatic heterocycles. The van der Waals surface area contributed by atoms with Crippen LogP contribution in [-0.2, 0) is 16.0 Å². The minimum Gasteiger partial charge on any atom is -0.497 e. The van der Waals surface area contributed by atoms with Crippen LogP contribution in [-0.4, -0.2) is 49.3 Å². The predicted molar refractivity (Wildman–Crippen MR) is 101 cm³/mol. The van der Waals surface area contributed by atoms with E-state index in [2.05, 4.69) is 10.6 Å². The summed E-state index contributed by atoms with van der Waals surface area (Å²) in [6, 6.07) is 7.79. The lowest BCUT2D eigenvalue weighted by Crippen LogP contribution is -2.34. The molecule has 25 heavy (non-hydrogen) atoms. The molecule has 0 heterocycles. The first-order valence-electron chi connectivity index (χ1n) is 8.24. The van der Waals surface area contributed by atoms with Crippen molar-refractivity contribution in [2.75, 3.05) is 31.7 Å². The molecule has 0 saturated carbocycles. The van der Waals surface area contributed by atoms with Crippen molar-refractivity contribution in [3.05, 3.63) is 29.8 Å². The number of nitrogens with one attached hydrogen (secondary N) is 2. The number of rotatable bonds is 9. The third-order valence-corrected chi connectivity index (χ3v) is 4.00. The Morgan fingerprint density at radius 2 is 1.76 bits per heavy atom. The first-order chi connectivity index (χ1) is 11.8. The van der Waals surface area contributed by atoms with Crippen molar-refractivity contribution in [3.8, 4) is 5.75 Å². The highest BCUT2D eigenvalue weighted by atomic mass is 32.2. The maximum Gasteiger partial charge on any atom is 0.407 e. The van der Waals surface area contributed by atoms with Gasteiger partial charge >= 0.3 is 6.09 Å². The van der Waals surface area contributed by atoms with E-state index in [1.807, 2.05) is 45.0 Å². The molecule has 0 aliphatic heterocycles. The molecule has 2 N–H and O–H groups in total. The number of thioether (sulfide) groups is 1. The molecule has 2 amide bonds. The van der Waals surface area contributed by atoms with Gasteiger partial charge in [0.2, 0.25) is 5.91 Å². The number of carbonyl (C=O) groups excluding carboxylic acids is 2. The van der Waals surface area contributed by atoms with Crippen molar-refractivity contribution in [2.24, 2.45) is 0 Å². The van der Waals surface area contributed by atoms with Gasteiger partial charge in [0.25, 0.3) is 0 Å². The van der Waals surface area contributed by atoms with Gasteiger partial charge in [-0.1, -0.05) is 12.1 Å². The fraction of sp³-hybridized carbons (Fsp3) is 0.556. The van der Waals surface area contributed by atoms with E-state index in [4.69, 9.17) is 9.47 Å². The van der Waals surface area contributed by atoms with Crippen molar-refractivity contribution in [1.82, 2.24) is 10.6 Å². The van der Waals surface area contributed by atoms with Crippen LogP contribution in [0.3, 0.4) is 0 Å². The molecule has 0 aliphatic rings. The van der Waals surface area contributed by atoms with Gasteiger partial charge in [0.05, 0.1) is 12.9 Å². The van der Waals surface area contributed by atoms with Crippen LogP contribution in [0.5, 0.6) is 5.75 Å². The zero-order valence-corrected chi connectivity index (χ0v) is 16.2. The van der Waals surface area contributed by atoms with Gasteiger partial charge in [0, 0.05) is 18.8 Å². The summed E-state index contributed by atoms with van der Waals surface area (Å²) in [4.78, 5) is 23.2. The molecule has 0 saturated heterocycles. The zero-order chi connectivity index (χ0) is 18.7. The smallest absolute Gasteiger partial charge is 0.407 e. The minimum atomic E-state index is -0.499. The average Bonchev–Trinajstić information content (AvgIpc) is 2.53. The Kier molecular flexibility index (Phi) is 9.20. The van der Waals surface area contributed by atoms with E-state index in [1.165, 1.54) is 11.8 Å². The summed E-state index contributed by atoms with van der Waals surface area (Å²) >= 11 is 1.47. The molecule has 0 atom stereocenters. The summed E-state index contributed by atoms with van der Waals surface area (Å²) in [6.45, 7) is 6.52. The Bertz CT molecular complexity index is 541. The van der Waals surface area contributed by atoms with E-state index in [-0.39, 0.29) is 5.91 Å². The maximum absolute atomic E-state index is 11.8. The fourth-order valence-corrected chi connectivity index (χ4v) is 2.57. The molecule has 140 valence electrons. The number of amides is 2. The van der Waals surface area contributed by atoms with Gasteiger partial charge in [-0.2, -0.15) is 11.8 Å². The number of ether oxygens (including phenoxy) is 2. The summed E-state index contributed by atoms with van der Waals surface area (Å²) in [5.41, 5.74) is 0.649. The highest BCUT2D eigenvalue weighted by molar-refractivity contribution is 7.99. The Balaban J connectivity index is 2.06. The molecule has 1 aromatic rings. The number of methoxy groups -OCH3 is 1. The van der Waals surface area contributed by atoms with E-state index < -0.39 is 11.7 Å². The van der Waals surface area contributed by atoms with Crippen molar-refractivity contribution < 1.29 is 19.1 Å². The van der Waals surface area contributed by atoms with E-state index >= 15 is 0 Å². The normalized spacial score (nSPS) is 10.9. The monoisotopic (exact) mass is 368 g/mol. The van der Waals surface area contributed by atoms with E-state index in [9.17, 15) is 9.59 Å². The van der Waals surface area contributed by atoms with Crippen molar-refractivity contribution >= 4 is 23.8 Å². The first kappa shape index (κ1) is 21.2. The van der Waals surface area contributed by atoms with E-state index in [1.54, 1.807) is 7.11 Å². The number of benzene rings is 1. The number of carbonyl (C=O) groups is 2. The Labute approximate surface area is 154 Å². The van der Waals surface area contributed by atoms with Gasteiger partial charge in [0.1, 0.15) is 11.4 Å². The molecular weight excluding hydrogens is 340 g/mol. The van der Waals surface area contributed by atoms with E-state index in [0.29, 0.717) is 24.6 Å². The average molecular weight is 368 g/mol. The minimum absolute atomic E-state index is 0.00391. The summed E-state index contributed by atoms with van der Waals surface area (Å²) in [5.74, 6) is 1.85.